The second-order valence-corrected chi connectivity index (χ2v) is 28.0. The standard InChI is InChI=1S/C60H90N6O18S2/c1-37(2)31-47-57(71)81-41(9)53(67)61(11)50(34-40(7)8)60(74)84-52(36-44-17-21-46(22-18-44)86(77,78)66-25-29-80-30-26-66)56(70)64(14)48(32-38(3)4)58(72)82-42(10)54(68)62(12)49(33-39(5)6)59(73)83-51(55(69)63(47)13)35-43-15-19-45(20-16-43)85(75,76)65-23-27-79-28-24-65/h15-22,37-42,47-52H,23-36H2,1-14H3/t41-,42-,47+,48+,49+,50+,51-,52-/m1/s1. The highest BCUT2D eigenvalue weighted by Gasteiger charge is 2.43. The number of esters is 4. The van der Waals surface area contributed by atoms with Gasteiger partial charge >= 0.3 is 23.9 Å². The largest absolute Gasteiger partial charge is 0.451 e. The maximum atomic E-state index is 15.0. The molecule has 0 saturated carbocycles. The van der Waals surface area contributed by atoms with Crippen molar-refractivity contribution in [2.45, 2.75) is 166 Å². The lowest BCUT2D eigenvalue weighted by Crippen LogP contribution is -2.55. The number of hydrogen-bond acceptors (Lipinski definition) is 18. The van der Waals surface area contributed by atoms with E-state index in [2.05, 4.69) is 0 Å². The maximum absolute atomic E-state index is 15.0. The smallest absolute Gasteiger partial charge is 0.329 e. The first kappa shape index (κ1) is 70.7. The molecule has 0 radical (unpaired) electrons. The Balaban J connectivity index is 1.60. The van der Waals surface area contributed by atoms with Gasteiger partial charge in [-0.05, 0) is 98.6 Å². The summed E-state index contributed by atoms with van der Waals surface area (Å²) >= 11 is 0. The quantitative estimate of drug-likeness (QED) is 0.171. The molecular formula is C60H90N6O18S2. The van der Waals surface area contributed by atoms with Crippen LogP contribution in [-0.4, -0.2) is 222 Å². The van der Waals surface area contributed by atoms with Crippen LogP contribution in [0.2, 0.25) is 0 Å². The van der Waals surface area contributed by atoms with Gasteiger partial charge in [0, 0.05) is 67.2 Å². The molecule has 0 N–H and O–H groups in total. The summed E-state index contributed by atoms with van der Waals surface area (Å²) in [6.07, 6.45) is -7.25. The third kappa shape index (κ3) is 18.5. The van der Waals surface area contributed by atoms with Gasteiger partial charge in [0.1, 0.15) is 24.2 Å². The molecule has 8 atom stereocenters. The van der Waals surface area contributed by atoms with E-state index in [1.165, 1.54) is 99.2 Å². The van der Waals surface area contributed by atoms with Crippen LogP contribution >= 0.6 is 0 Å². The molecule has 0 bridgehead atoms. The topological polar surface area (TPSA) is 280 Å². The Bertz CT molecular complexity index is 2700. The van der Waals surface area contributed by atoms with Crippen molar-refractivity contribution < 1.29 is 83.6 Å². The predicted molar refractivity (Wildman–Crippen MR) is 314 cm³/mol. The van der Waals surface area contributed by atoms with Crippen molar-refractivity contribution in [3.8, 4) is 0 Å². The van der Waals surface area contributed by atoms with Crippen molar-refractivity contribution >= 4 is 67.6 Å². The summed E-state index contributed by atoms with van der Waals surface area (Å²) < 4.78 is 91.5. The monoisotopic (exact) mass is 1250 g/mol. The summed E-state index contributed by atoms with van der Waals surface area (Å²) in [4.78, 5) is 122. The van der Waals surface area contributed by atoms with E-state index in [1.807, 2.05) is 0 Å². The molecule has 0 aliphatic carbocycles. The number of morpholine rings is 2. The van der Waals surface area contributed by atoms with Gasteiger partial charge in [-0.25, -0.2) is 36.0 Å². The highest BCUT2D eigenvalue weighted by molar-refractivity contribution is 7.89. The van der Waals surface area contributed by atoms with Crippen LogP contribution in [0.5, 0.6) is 0 Å². The molecule has 4 amide bonds. The summed E-state index contributed by atoms with van der Waals surface area (Å²) in [5, 5.41) is 0. The second-order valence-electron chi connectivity index (χ2n) is 24.1. The van der Waals surface area contributed by atoms with Gasteiger partial charge in [0.05, 0.1) is 36.2 Å². The maximum Gasteiger partial charge on any atom is 0.329 e. The van der Waals surface area contributed by atoms with Crippen molar-refractivity contribution in [3.63, 3.8) is 0 Å². The molecule has 3 fully saturated rings. The fourth-order valence-electron chi connectivity index (χ4n) is 10.4. The molecule has 2 aromatic carbocycles. The second kappa shape index (κ2) is 31.2. The van der Waals surface area contributed by atoms with Gasteiger partial charge < -0.3 is 48.0 Å². The van der Waals surface area contributed by atoms with Crippen LogP contribution in [0, 0.1) is 23.7 Å². The van der Waals surface area contributed by atoms with Gasteiger partial charge in [-0.15, -0.1) is 0 Å². The zero-order valence-electron chi connectivity index (χ0n) is 52.3. The number of rotatable bonds is 16. The molecule has 3 aliphatic rings. The minimum atomic E-state index is -3.93. The first-order valence-electron chi connectivity index (χ1n) is 29.5. The van der Waals surface area contributed by atoms with Gasteiger partial charge in [-0.1, -0.05) is 79.7 Å². The molecule has 3 aliphatic heterocycles. The SMILES string of the molecule is CC(C)C[C@H]1C(=O)O[C@H](Cc2ccc(S(=O)(=O)N3CCOCC3)cc2)C(=O)N(C)[C@@H](CC(C)C)C(=O)O[C@H](C)C(=O)N(C)[C@@H](CC(C)C)C(=O)O[C@H](Cc2ccc(S(=O)(=O)N3CCOCC3)cc2)C(=O)N(C)[C@@H](CC(C)C)C(=O)O[C@H](C)C(=O)N1C. The Hall–Kier alpha value is -6.06. The Labute approximate surface area is 507 Å². The normalized spacial score (nSPS) is 25.4. The Morgan fingerprint density at radius 2 is 0.640 bits per heavy atom. The summed E-state index contributed by atoms with van der Waals surface area (Å²) in [5.74, 6) is -8.60. The molecule has 5 rings (SSSR count). The number of nitrogens with zero attached hydrogens (tertiary/aromatic N) is 6. The molecule has 3 heterocycles. The zero-order valence-corrected chi connectivity index (χ0v) is 53.9. The molecule has 0 unspecified atom stereocenters. The Morgan fingerprint density at radius 3 is 0.895 bits per heavy atom. The molecule has 0 spiro atoms. The third-order valence-corrected chi connectivity index (χ3v) is 19.2. The Kier molecular flexibility index (Phi) is 25.7. The Morgan fingerprint density at radius 1 is 0.395 bits per heavy atom. The van der Waals surface area contributed by atoms with E-state index >= 15 is 9.59 Å². The van der Waals surface area contributed by atoms with Crippen molar-refractivity contribution in [2.24, 2.45) is 23.7 Å². The summed E-state index contributed by atoms with van der Waals surface area (Å²) in [6.45, 7) is 18.4. The molecular weight excluding hydrogens is 1160 g/mol. The van der Waals surface area contributed by atoms with E-state index in [-0.39, 0.29) is 125 Å². The first-order chi connectivity index (χ1) is 40.3. The van der Waals surface area contributed by atoms with E-state index in [9.17, 15) is 45.6 Å². The van der Waals surface area contributed by atoms with Crippen LogP contribution < -0.4 is 0 Å². The van der Waals surface area contributed by atoms with Crippen molar-refractivity contribution in [3.05, 3.63) is 59.7 Å². The van der Waals surface area contributed by atoms with Crippen molar-refractivity contribution in [2.75, 3.05) is 80.8 Å². The molecule has 24 nitrogen and oxygen atoms in total. The van der Waals surface area contributed by atoms with Gasteiger partial charge in [0.25, 0.3) is 23.6 Å². The minimum Gasteiger partial charge on any atom is -0.451 e. The summed E-state index contributed by atoms with van der Waals surface area (Å²) in [7, 11) is -2.61. The lowest BCUT2D eigenvalue weighted by atomic mass is 10.00. The van der Waals surface area contributed by atoms with Crippen LogP contribution in [0.15, 0.2) is 58.3 Å². The van der Waals surface area contributed by atoms with Crippen LogP contribution in [0.3, 0.4) is 0 Å². The average Bonchev–Trinajstić information content (AvgIpc) is 3.08. The van der Waals surface area contributed by atoms with E-state index in [1.54, 1.807) is 55.4 Å². The van der Waals surface area contributed by atoms with Gasteiger partial charge in [0.15, 0.2) is 24.4 Å². The summed E-state index contributed by atoms with van der Waals surface area (Å²) in [6, 6.07) is 5.81. The number of carbonyl (C=O) groups excluding carboxylic acids is 8. The number of sulfonamides is 2. The number of hydrogen-bond donors (Lipinski definition) is 0. The van der Waals surface area contributed by atoms with Crippen molar-refractivity contribution in [1.82, 2.24) is 28.2 Å². The van der Waals surface area contributed by atoms with Crippen molar-refractivity contribution in [1.29, 1.82) is 0 Å². The van der Waals surface area contributed by atoms with E-state index < -0.39 is 116 Å². The van der Waals surface area contributed by atoms with Gasteiger partial charge in [0.2, 0.25) is 20.0 Å². The molecule has 480 valence electrons. The van der Waals surface area contributed by atoms with E-state index in [0.717, 1.165) is 19.6 Å². The fraction of sp³-hybridized carbons (Fsp3) is 0.667. The number of amides is 4. The lowest BCUT2D eigenvalue weighted by molar-refractivity contribution is -0.176. The predicted octanol–water partition coefficient (Wildman–Crippen LogP) is 3.71. The van der Waals surface area contributed by atoms with Crippen LogP contribution in [0.25, 0.3) is 0 Å². The van der Waals surface area contributed by atoms with Crippen LogP contribution in [-0.2, 0) is 99.7 Å². The highest BCUT2D eigenvalue weighted by Crippen LogP contribution is 2.27. The molecule has 3 saturated heterocycles. The average molecular weight is 1250 g/mol. The molecule has 26 heteroatoms. The van der Waals surface area contributed by atoms with Gasteiger partial charge in [-0.2, -0.15) is 8.61 Å². The minimum absolute atomic E-state index is 0.00693. The number of cyclic esters (lactones) is 4. The first-order valence-corrected chi connectivity index (χ1v) is 32.4. The number of benzene rings is 2. The number of ether oxygens (including phenoxy) is 6. The highest BCUT2D eigenvalue weighted by atomic mass is 32.2. The number of carbonyl (C=O) groups is 8. The lowest BCUT2D eigenvalue weighted by Gasteiger charge is -2.35. The summed E-state index contributed by atoms with van der Waals surface area (Å²) in [5.41, 5.74) is 0.724. The fourth-order valence-corrected chi connectivity index (χ4v) is 13.2. The zero-order chi connectivity index (χ0) is 64.1. The van der Waals surface area contributed by atoms with E-state index in [4.69, 9.17) is 28.4 Å². The third-order valence-electron chi connectivity index (χ3n) is 15.4. The van der Waals surface area contributed by atoms with Gasteiger partial charge in [-0.3, -0.25) is 19.2 Å². The molecule has 2 aromatic rings. The molecule has 86 heavy (non-hydrogen) atoms. The van der Waals surface area contributed by atoms with Crippen LogP contribution in [0.4, 0.5) is 0 Å². The molecule has 0 aromatic heterocycles. The van der Waals surface area contributed by atoms with Crippen LogP contribution in [0.1, 0.15) is 106 Å². The number of likely N-dealkylation sites (N-methyl/N-ethyl adjacent to an activating group) is 4. The van der Waals surface area contributed by atoms with E-state index in [0.29, 0.717) is 11.1 Å².